The van der Waals surface area contributed by atoms with Gasteiger partial charge in [-0.2, -0.15) is 0 Å². The Kier molecular flexibility index (Phi) is 3.42. The zero-order chi connectivity index (χ0) is 14.1. The van der Waals surface area contributed by atoms with Crippen LogP contribution in [0.5, 0.6) is 0 Å². The van der Waals surface area contributed by atoms with Crippen LogP contribution < -0.4 is 10.6 Å². The summed E-state index contributed by atoms with van der Waals surface area (Å²) in [7, 11) is 0. The van der Waals surface area contributed by atoms with E-state index in [1.807, 2.05) is 0 Å². The number of fused-ring (bicyclic) bond motifs is 1. The molecule has 0 saturated carbocycles. The van der Waals surface area contributed by atoms with Gasteiger partial charge < -0.3 is 5.32 Å². The number of amides is 1. The molecule has 0 spiro atoms. The number of anilines is 1. The molecule has 2 aromatic carbocycles. The first-order valence-electron chi connectivity index (χ1n) is 6.21. The SMILES string of the molecule is O=C1Nc2ccc(Cl)cc2C1NCc1ccc(F)cc1. The van der Waals surface area contributed by atoms with Crippen LogP contribution in [-0.2, 0) is 11.3 Å². The molecule has 0 fully saturated rings. The van der Waals surface area contributed by atoms with E-state index in [0.717, 1.165) is 16.8 Å². The third kappa shape index (κ3) is 2.53. The largest absolute Gasteiger partial charge is 0.324 e. The topological polar surface area (TPSA) is 41.1 Å². The van der Waals surface area contributed by atoms with Gasteiger partial charge in [0.25, 0.3) is 0 Å². The molecule has 0 aliphatic carbocycles. The van der Waals surface area contributed by atoms with Crippen molar-refractivity contribution < 1.29 is 9.18 Å². The lowest BCUT2D eigenvalue weighted by molar-refractivity contribution is -0.117. The van der Waals surface area contributed by atoms with Gasteiger partial charge in [-0.15, -0.1) is 0 Å². The Hall–Kier alpha value is -1.91. The minimum absolute atomic E-state index is 0.107. The fourth-order valence-electron chi connectivity index (χ4n) is 2.26. The van der Waals surface area contributed by atoms with E-state index >= 15 is 0 Å². The molecular weight excluding hydrogens is 279 g/mol. The normalized spacial score (nSPS) is 16.9. The summed E-state index contributed by atoms with van der Waals surface area (Å²) in [6.07, 6.45) is 0. The van der Waals surface area contributed by atoms with Crippen LogP contribution in [0.4, 0.5) is 10.1 Å². The lowest BCUT2D eigenvalue weighted by atomic mass is 10.1. The molecule has 1 unspecified atom stereocenters. The number of carbonyl (C=O) groups is 1. The summed E-state index contributed by atoms with van der Waals surface area (Å²) in [6, 6.07) is 11.0. The van der Waals surface area contributed by atoms with Crippen LogP contribution in [0.1, 0.15) is 17.2 Å². The quantitative estimate of drug-likeness (QED) is 0.911. The maximum absolute atomic E-state index is 12.8. The van der Waals surface area contributed by atoms with E-state index in [1.54, 1.807) is 30.3 Å². The molecule has 2 N–H and O–H groups in total. The van der Waals surface area contributed by atoms with E-state index in [9.17, 15) is 9.18 Å². The minimum Gasteiger partial charge on any atom is -0.324 e. The maximum Gasteiger partial charge on any atom is 0.246 e. The van der Waals surface area contributed by atoms with Crippen molar-refractivity contribution in [3.63, 3.8) is 0 Å². The van der Waals surface area contributed by atoms with Gasteiger partial charge in [0.05, 0.1) is 0 Å². The molecule has 102 valence electrons. The zero-order valence-electron chi connectivity index (χ0n) is 10.5. The van der Waals surface area contributed by atoms with Crippen LogP contribution in [0.2, 0.25) is 5.02 Å². The summed E-state index contributed by atoms with van der Waals surface area (Å²) in [6.45, 7) is 0.477. The highest BCUT2D eigenvalue weighted by molar-refractivity contribution is 6.31. The van der Waals surface area contributed by atoms with Gasteiger partial charge in [-0.1, -0.05) is 23.7 Å². The summed E-state index contributed by atoms with van der Waals surface area (Å²) in [4.78, 5) is 11.9. The van der Waals surface area contributed by atoms with Crippen molar-refractivity contribution in [1.82, 2.24) is 5.32 Å². The Morgan fingerprint density at radius 1 is 1.20 bits per heavy atom. The Labute approximate surface area is 120 Å². The molecule has 1 heterocycles. The first-order chi connectivity index (χ1) is 9.63. The highest BCUT2D eigenvalue weighted by Crippen LogP contribution is 2.32. The van der Waals surface area contributed by atoms with Crippen molar-refractivity contribution >= 4 is 23.2 Å². The summed E-state index contributed by atoms with van der Waals surface area (Å²) < 4.78 is 12.8. The summed E-state index contributed by atoms with van der Waals surface area (Å²) in [5, 5.41) is 6.55. The molecule has 5 heteroatoms. The Bertz CT molecular complexity index is 657. The Morgan fingerprint density at radius 2 is 1.95 bits per heavy atom. The number of halogens is 2. The molecule has 3 nitrogen and oxygen atoms in total. The predicted octanol–water partition coefficient (Wildman–Crippen LogP) is 3.26. The summed E-state index contributed by atoms with van der Waals surface area (Å²) >= 11 is 5.96. The second-order valence-corrected chi connectivity index (χ2v) is 5.10. The van der Waals surface area contributed by atoms with Crippen LogP contribution in [0.3, 0.4) is 0 Å². The maximum atomic E-state index is 12.8. The molecule has 0 bridgehead atoms. The smallest absolute Gasteiger partial charge is 0.246 e. The lowest BCUT2D eigenvalue weighted by Gasteiger charge is -2.11. The molecule has 0 saturated heterocycles. The highest BCUT2D eigenvalue weighted by Gasteiger charge is 2.30. The van der Waals surface area contributed by atoms with Gasteiger partial charge in [-0.25, -0.2) is 4.39 Å². The van der Waals surface area contributed by atoms with Crippen LogP contribution in [0.25, 0.3) is 0 Å². The second kappa shape index (κ2) is 5.23. The van der Waals surface area contributed by atoms with E-state index in [-0.39, 0.29) is 11.7 Å². The first kappa shape index (κ1) is 13.1. The zero-order valence-corrected chi connectivity index (χ0v) is 11.2. The molecule has 1 aliphatic heterocycles. The van der Waals surface area contributed by atoms with Gasteiger partial charge >= 0.3 is 0 Å². The number of benzene rings is 2. The second-order valence-electron chi connectivity index (χ2n) is 4.66. The Balaban J connectivity index is 1.76. The number of carbonyl (C=O) groups excluding carboxylic acids is 1. The predicted molar refractivity (Wildman–Crippen MR) is 76.1 cm³/mol. The van der Waals surface area contributed by atoms with Gasteiger partial charge in [0, 0.05) is 22.8 Å². The molecule has 1 atom stereocenters. The number of hydrogen-bond acceptors (Lipinski definition) is 2. The van der Waals surface area contributed by atoms with Crippen LogP contribution in [-0.4, -0.2) is 5.91 Å². The number of nitrogens with one attached hydrogen (secondary N) is 2. The van der Waals surface area contributed by atoms with Gasteiger partial charge in [0.15, 0.2) is 0 Å². The standard InChI is InChI=1S/C15H12ClFN2O/c16-10-3-6-13-12(7-10)14(15(20)19-13)18-8-9-1-4-11(17)5-2-9/h1-7,14,18H,8H2,(H,19,20). The van der Waals surface area contributed by atoms with E-state index in [2.05, 4.69) is 10.6 Å². The third-order valence-corrected chi connectivity index (χ3v) is 3.50. The highest BCUT2D eigenvalue weighted by atomic mass is 35.5. The molecule has 1 aliphatic rings. The van der Waals surface area contributed by atoms with Crippen molar-refractivity contribution in [2.45, 2.75) is 12.6 Å². The third-order valence-electron chi connectivity index (χ3n) is 3.27. The molecule has 2 aromatic rings. The van der Waals surface area contributed by atoms with Crippen molar-refractivity contribution in [3.05, 3.63) is 64.4 Å². The van der Waals surface area contributed by atoms with Crippen LogP contribution in [0.15, 0.2) is 42.5 Å². The summed E-state index contributed by atoms with van der Waals surface area (Å²) in [5.41, 5.74) is 2.52. The number of hydrogen-bond donors (Lipinski definition) is 2. The summed E-state index contributed by atoms with van der Waals surface area (Å²) in [5.74, 6) is -0.381. The van der Waals surface area contributed by atoms with E-state index in [1.165, 1.54) is 12.1 Å². The minimum atomic E-state index is -0.436. The van der Waals surface area contributed by atoms with Crippen molar-refractivity contribution in [1.29, 1.82) is 0 Å². The van der Waals surface area contributed by atoms with E-state index in [0.29, 0.717) is 11.6 Å². The molecule has 20 heavy (non-hydrogen) atoms. The monoisotopic (exact) mass is 290 g/mol. The van der Waals surface area contributed by atoms with Gasteiger partial charge in [0.2, 0.25) is 5.91 Å². The Morgan fingerprint density at radius 3 is 2.70 bits per heavy atom. The first-order valence-corrected chi connectivity index (χ1v) is 6.59. The molecule has 0 aromatic heterocycles. The average Bonchev–Trinajstić information content (AvgIpc) is 2.73. The average molecular weight is 291 g/mol. The van der Waals surface area contributed by atoms with Gasteiger partial charge in [-0.05, 0) is 35.9 Å². The van der Waals surface area contributed by atoms with Gasteiger partial charge in [0.1, 0.15) is 11.9 Å². The van der Waals surface area contributed by atoms with Crippen molar-refractivity contribution in [2.24, 2.45) is 0 Å². The van der Waals surface area contributed by atoms with Crippen molar-refractivity contribution in [3.8, 4) is 0 Å². The van der Waals surface area contributed by atoms with Crippen molar-refractivity contribution in [2.75, 3.05) is 5.32 Å². The molecule has 0 radical (unpaired) electrons. The fraction of sp³-hybridized carbons (Fsp3) is 0.133. The van der Waals surface area contributed by atoms with Crippen LogP contribution >= 0.6 is 11.6 Å². The van der Waals surface area contributed by atoms with Crippen LogP contribution in [0, 0.1) is 5.82 Å². The van der Waals surface area contributed by atoms with Gasteiger partial charge in [-0.3, -0.25) is 10.1 Å². The lowest BCUT2D eigenvalue weighted by Crippen LogP contribution is -2.27. The molecular formula is C15H12ClFN2O. The number of rotatable bonds is 3. The molecule has 3 rings (SSSR count). The van der Waals surface area contributed by atoms with E-state index in [4.69, 9.17) is 11.6 Å². The fourth-order valence-corrected chi connectivity index (χ4v) is 2.44. The molecule has 1 amide bonds. The van der Waals surface area contributed by atoms with E-state index < -0.39 is 6.04 Å².